The first-order chi connectivity index (χ1) is 9.31. The van der Waals surface area contributed by atoms with E-state index >= 15 is 0 Å². The first-order valence-electron chi connectivity index (χ1n) is 5.98. The van der Waals surface area contributed by atoms with Gasteiger partial charge in [0.15, 0.2) is 0 Å². The van der Waals surface area contributed by atoms with Crippen molar-refractivity contribution in [3.63, 3.8) is 0 Å². The number of hydrogen-bond donors (Lipinski definition) is 2. The average Bonchev–Trinajstić information content (AvgIpc) is 2.74. The van der Waals surface area contributed by atoms with Crippen molar-refractivity contribution in [3.05, 3.63) is 27.3 Å². The van der Waals surface area contributed by atoms with E-state index in [9.17, 15) is 13.2 Å². The van der Waals surface area contributed by atoms with Crippen LogP contribution in [0.15, 0.2) is 23.1 Å². The molecule has 1 aromatic rings. The van der Waals surface area contributed by atoms with Crippen LogP contribution in [-0.2, 0) is 14.8 Å². The number of halogens is 1. The number of benzene rings is 1. The van der Waals surface area contributed by atoms with Gasteiger partial charge in [0.25, 0.3) is 0 Å². The van der Waals surface area contributed by atoms with Gasteiger partial charge in [-0.05, 0) is 54.1 Å². The summed E-state index contributed by atoms with van der Waals surface area (Å²) in [6.45, 7) is 2.32. The predicted molar refractivity (Wildman–Crippen MR) is 80.3 cm³/mol. The van der Waals surface area contributed by atoms with Crippen LogP contribution in [0.5, 0.6) is 0 Å². The van der Waals surface area contributed by atoms with E-state index in [0.717, 1.165) is 0 Å². The minimum absolute atomic E-state index is 0.0239. The fourth-order valence-electron chi connectivity index (χ4n) is 1.99. The number of carboxylic acids is 1. The molecule has 2 N–H and O–H groups in total. The van der Waals surface area contributed by atoms with E-state index in [1.807, 2.05) is 22.6 Å². The highest BCUT2D eigenvalue weighted by molar-refractivity contribution is 14.1. The third-order valence-electron chi connectivity index (χ3n) is 3.16. The second-order valence-electron chi connectivity index (χ2n) is 4.54. The van der Waals surface area contributed by atoms with Crippen molar-refractivity contribution >= 4 is 38.6 Å². The highest BCUT2D eigenvalue weighted by atomic mass is 127. The van der Waals surface area contributed by atoms with Gasteiger partial charge >= 0.3 is 5.97 Å². The summed E-state index contributed by atoms with van der Waals surface area (Å²) in [5.41, 5.74) is -0.0239. The molecule has 6 nitrogen and oxygen atoms in total. The number of nitrogens with one attached hydrogen (secondary N) is 1. The van der Waals surface area contributed by atoms with E-state index in [2.05, 4.69) is 4.72 Å². The van der Waals surface area contributed by atoms with Crippen LogP contribution in [0.1, 0.15) is 23.7 Å². The highest BCUT2D eigenvalue weighted by Gasteiger charge is 2.29. The SMILES string of the molecule is CC1OCCC1NS(=O)(=O)c1ccc(I)c(C(=O)O)c1. The van der Waals surface area contributed by atoms with Crippen LogP contribution in [0.4, 0.5) is 0 Å². The van der Waals surface area contributed by atoms with Crippen LogP contribution in [0, 0.1) is 3.57 Å². The second kappa shape index (κ2) is 5.96. The Morgan fingerprint density at radius 3 is 2.75 bits per heavy atom. The summed E-state index contributed by atoms with van der Waals surface area (Å²) in [5.74, 6) is -1.15. The molecule has 2 rings (SSSR count). The van der Waals surface area contributed by atoms with Crippen molar-refractivity contribution in [1.29, 1.82) is 0 Å². The lowest BCUT2D eigenvalue weighted by atomic mass is 10.2. The molecule has 0 spiro atoms. The first kappa shape index (κ1) is 15.7. The molecule has 1 aromatic carbocycles. The molecule has 1 saturated heterocycles. The molecule has 1 fully saturated rings. The summed E-state index contributed by atoms with van der Waals surface area (Å²) in [5, 5.41) is 9.04. The van der Waals surface area contributed by atoms with Crippen molar-refractivity contribution in [2.75, 3.05) is 6.61 Å². The molecule has 0 radical (unpaired) electrons. The number of aromatic carboxylic acids is 1. The molecule has 1 aliphatic heterocycles. The van der Waals surface area contributed by atoms with Crippen molar-refractivity contribution in [2.45, 2.75) is 30.4 Å². The Morgan fingerprint density at radius 1 is 1.50 bits per heavy atom. The Labute approximate surface area is 130 Å². The minimum atomic E-state index is -3.75. The standard InChI is InChI=1S/C12H14INO5S/c1-7-11(4-5-19-7)14-20(17,18)8-2-3-10(13)9(6-8)12(15)16/h2-3,6-7,11,14H,4-5H2,1H3,(H,15,16). The molecule has 0 aliphatic carbocycles. The number of carbonyl (C=O) groups is 1. The Balaban J connectivity index is 2.30. The zero-order valence-electron chi connectivity index (χ0n) is 10.7. The Hall–Kier alpha value is -0.710. The van der Waals surface area contributed by atoms with Crippen LogP contribution >= 0.6 is 22.6 Å². The van der Waals surface area contributed by atoms with Crippen molar-refractivity contribution in [3.8, 4) is 0 Å². The van der Waals surface area contributed by atoms with Gasteiger partial charge < -0.3 is 9.84 Å². The van der Waals surface area contributed by atoms with Gasteiger partial charge in [-0.2, -0.15) is 0 Å². The lowest BCUT2D eigenvalue weighted by Crippen LogP contribution is -2.39. The topological polar surface area (TPSA) is 92.7 Å². The van der Waals surface area contributed by atoms with E-state index in [-0.39, 0.29) is 22.6 Å². The molecule has 110 valence electrons. The van der Waals surface area contributed by atoms with Crippen molar-refractivity contribution in [1.82, 2.24) is 4.72 Å². The molecule has 20 heavy (non-hydrogen) atoms. The van der Waals surface area contributed by atoms with Crippen LogP contribution in [0.25, 0.3) is 0 Å². The summed E-state index contributed by atoms with van der Waals surface area (Å²) >= 11 is 1.86. The maximum Gasteiger partial charge on any atom is 0.336 e. The van der Waals surface area contributed by atoms with Crippen LogP contribution < -0.4 is 4.72 Å². The normalized spacial score (nSPS) is 22.9. The van der Waals surface area contributed by atoms with Gasteiger partial charge in [0.05, 0.1) is 22.6 Å². The van der Waals surface area contributed by atoms with Gasteiger partial charge in [-0.3, -0.25) is 0 Å². The first-order valence-corrected chi connectivity index (χ1v) is 8.54. The van der Waals surface area contributed by atoms with Crippen LogP contribution in [0.3, 0.4) is 0 Å². The number of hydrogen-bond acceptors (Lipinski definition) is 4. The maximum absolute atomic E-state index is 12.3. The summed E-state index contributed by atoms with van der Waals surface area (Å²) in [4.78, 5) is 11.0. The molecule has 2 atom stereocenters. The molecule has 0 aromatic heterocycles. The lowest BCUT2D eigenvalue weighted by molar-refractivity contribution is 0.0695. The molecular weight excluding hydrogens is 397 g/mol. The van der Waals surface area contributed by atoms with Gasteiger partial charge in [-0.15, -0.1) is 0 Å². The Bertz CT molecular complexity index is 631. The van der Waals surface area contributed by atoms with E-state index in [0.29, 0.717) is 16.6 Å². The predicted octanol–water partition coefficient (Wildman–Crippen LogP) is 1.45. The number of ether oxygens (including phenoxy) is 1. The van der Waals surface area contributed by atoms with Crippen molar-refractivity contribution < 1.29 is 23.1 Å². The van der Waals surface area contributed by atoms with Crippen LogP contribution in [0.2, 0.25) is 0 Å². The quantitative estimate of drug-likeness (QED) is 0.732. The lowest BCUT2D eigenvalue weighted by Gasteiger charge is -2.16. The number of carboxylic acid groups (broad SMARTS) is 1. The van der Waals surface area contributed by atoms with Gasteiger partial charge in [0.2, 0.25) is 10.0 Å². The molecular formula is C12H14INO5S. The summed E-state index contributed by atoms with van der Waals surface area (Å²) in [6.07, 6.45) is 0.420. The zero-order chi connectivity index (χ0) is 14.9. The molecule has 0 saturated carbocycles. The minimum Gasteiger partial charge on any atom is -0.478 e. The second-order valence-corrected chi connectivity index (χ2v) is 7.42. The highest BCUT2D eigenvalue weighted by Crippen LogP contribution is 2.20. The fraction of sp³-hybridized carbons (Fsp3) is 0.417. The summed E-state index contributed by atoms with van der Waals surface area (Å²) < 4.78 is 32.9. The monoisotopic (exact) mass is 411 g/mol. The third-order valence-corrected chi connectivity index (χ3v) is 5.59. The van der Waals surface area contributed by atoms with Gasteiger partial charge in [-0.25, -0.2) is 17.9 Å². The molecule has 8 heteroatoms. The Kier molecular flexibility index (Phi) is 4.67. The molecule has 0 amide bonds. The van der Waals surface area contributed by atoms with Crippen LogP contribution in [-0.4, -0.2) is 38.2 Å². The largest absolute Gasteiger partial charge is 0.478 e. The van der Waals surface area contributed by atoms with E-state index in [1.54, 1.807) is 6.92 Å². The third kappa shape index (κ3) is 3.30. The summed E-state index contributed by atoms with van der Waals surface area (Å²) in [6, 6.07) is 3.77. The van der Waals surface area contributed by atoms with E-state index < -0.39 is 16.0 Å². The molecule has 1 aliphatic rings. The van der Waals surface area contributed by atoms with Gasteiger partial charge in [-0.1, -0.05) is 0 Å². The van der Waals surface area contributed by atoms with Gasteiger partial charge in [0, 0.05) is 10.2 Å². The summed E-state index contributed by atoms with van der Waals surface area (Å²) in [7, 11) is -3.75. The number of rotatable bonds is 4. The van der Waals surface area contributed by atoms with E-state index in [4.69, 9.17) is 9.84 Å². The smallest absolute Gasteiger partial charge is 0.336 e. The van der Waals surface area contributed by atoms with Gasteiger partial charge in [0.1, 0.15) is 0 Å². The Morgan fingerprint density at radius 2 is 2.20 bits per heavy atom. The molecule has 1 heterocycles. The fourth-order valence-corrected chi connectivity index (χ4v) is 3.92. The molecule has 0 bridgehead atoms. The average molecular weight is 411 g/mol. The van der Waals surface area contributed by atoms with Crippen molar-refractivity contribution in [2.24, 2.45) is 0 Å². The maximum atomic E-state index is 12.3. The van der Waals surface area contributed by atoms with E-state index in [1.165, 1.54) is 18.2 Å². The molecule has 2 unspecified atom stereocenters. The zero-order valence-corrected chi connectivity index (χ0v) is 13.6. The number of sulfonamides is 1.